The minimum atomic E-state index is 0.0431. The standard InChI is InChI=1S/C12H17NO3/c1-15-9-5-8(12(7-13)3-4-12)6-10(16-2)11(9)14/h5-6,14H,3-4,7,13H2,1-2H3. The van der Waals surface area contributed by atoms with Crippen molar-refractivity contribution >= 4 is 0 Å². The Morgan fingerprint density at radius 2 is 1.75 bits per heavy atom. The zero-order valence-electron chi connectivity index (χ0n) is 9.62. The van der Waals surface area contributed by atoms with Gasteiger partial charge in [0, 0.05) is 12.0 Å². The Balaban J connectivity index is 2.47. The van der Waals surface area contributed by atoms with E-state index in [0.717, 1.165) is 18.4 Å². The van der Waals surface area contributed by atoms with Gasteiger partial charge in [0.05, 0.1) is 14.2 Å². The third-order valence-corrected chi connectivity index (χ3v) is 3.34. The van der Waals surface area contributed by atoms with Gasteiger partial charge < -0.3 is 20.3 Å². The minimum Gasteiger partial charge on any atom is -0.502 e. The summed E-state index contributed by atoms with van der Waals surface area (Å²) in [7, 11) is 3.06. The number of nitrogens with two attached hydrogens (primary N) is 1. The van der Waals surface area contributed by atoms with Gasteiger partial charge in [-0.1, -0.05) is 0 Å². The molecule has 4 heteroatoms. The summed E-state index contributed by atoms with van der Waals surface area (Å²) in [6, 6.07) is 3.69. The number of phenols is 1. The molecule has 1 aliphatic rings. The molecule has 1 fully saturated rings. The summed E-state index contributed by atoms with van der Waals surface area (Å²) in [6.07, 6.45) is 2.17. The van der Waals surface area contributed by atoms with Crippen LogP contribution in [0.25, 0.3) is 0 Å². The highest BCUT2D eigenvalue weighted by Gasteiger charge is 2.43. The maximum atomic E-state index is 9.79. The van der Waals surface area contributed by atoms with Gasteiger partial charge in [-0.2, -0.15) is 0 Å². The lowest BCUT2D eigenvalue weighted by atomic mass is 9.95. The number of ether oxygens (including phenoxy) is 2. The molecule has 1 aliphatic carbocycles. The van der Waals surface area contributed by atoms with E-state index >= 15 is 0 Å². The van der Waals surface area contributed by atoms with E-state index in [2.05, 4.69) is 0 Å². The van der Waals surface area contributed by atoms with Crippen molar-refractivity contribution in [2.75, 3.05) is 20.8 Å². The van der Waals surface area contributed by atoms with Crippen molar-refractivity contribution in [3.05, 3.63) is 17.7 Å². The Bertz CT molecular complexity index is 374. The second-order valence-electron chi connectivity index (χ2n) is 4.21. The first-order valence-electron chi connectivity index (χ1n) is 5.32. The minimum absolute atomic E-state index is 0.0431. The second-order valence-corrected chi connectivity index (χ2v) is 4.21. The van der Waals surface area contributed by atoms with Gasteiger partial charge in [-0.25, -0.2) is 0 Å². The van der Waals surface area contributed by atoms with Crippen LogP contribution in [0.5, 0.6) is 17.2 Å². The highest BCUT2D eigenvalue weighted by molar-refractivity contribution is 5.55. The summed E-state index contributed by atoms with van der Waals surface area (Å²) in [5.74, 6) is 0.921. The van der Waals surface area contributed by atoms with Crippen molar-refractivity contribution in [1.82, 2.24) is 0 Å². The Morgan fingerprint density at radius 3 is 2.06 bits per heavy atom. The molecule has 88 valence electrons. The van der Waals surface area contributed by atoms with Gasteiger partial charge in [-0.15, -0.1) is 0 Å². The van der Waals surface area contributed by atoms with Gasteiger partial charge in [0.2, 0.25) is 5.75 Å². The number of phenolic OH excluding ortho intramolecular Hbond substituents is 1. The van der Waals surface area contributed by atoms with Crippen LogP contribution < -0.4 is 15.2 Å². The van der Waals surface area contributed by atoms with Gasteiger partial charge in [0.15, 0.2) is 11.5 Å². The van der Waals surface area contributed by atoms with Gasteiger partial charge >= 0.3 is 0 Å². The summed E-state index contributed by atoms with van der Waals surface area (Å²) in [5, 5.41) is 9.79. The lowest BCUT2D eigenvalue weighted by molar-refractivity contribution is 0.338. The van der Waals surface area contributed by atoms with Gasteiger partial charge in [0.1, 0.15) is 0 Å². The molecule has 2 rings (SSSR count). The first kappa shape index (κ1) is 11.1. The van der Waals surface area contributed by atoms with Crippen LogP contribution >= 0.6 is 0 Å². The van der Waals surface area contributed by atoms with E-state index in [1.54, 1.807) is 0 Å². The van der Waals surface area contributed by atoms with Crippen LogP contribution in [0.4, 0.5) is 0 Å². The molecular weight excluding hydrogens is 206 g/mol. The molecule has 0 heterocycles. The van der Waals surface area contributed by atoms with Crippen LogP contribution in [0.1, 0.15) is 18.4 Å². The second kappa shape index (κ2) is 3.87. The van der Waals surface area contributed by atoms with Crippen LogP contribution in [0, 0.1) is 0 Å². The fraction of sp³-hybridized carbons (Fsp3) is 0.500. The molecular formula is C12H17NO3. The monoisotopic (exact) mass is 223 g/mol. The lowest BCUT2D eigenvalue weighted by Gasteiger charge is -2.16. The molecule has 1 aromatic carbocycles. The average Bonchev–Trinajstić information content (AvgIpc) is 3.10. The topological polar surface area (TPSA) is 64.7 Å². The lowest BCUT2D eigenvalue weighted by Crippen LogP contribution is -2.19. The number of hydrogen-bond donors (Lipinski definition) is 2. The summed E-state index contributed by atoms with van der Waals surface area (Å²) in [6.45, 7) is 0.615. The number of hydrogen-bond acceptors (Lipinski definition) is 4. The van der Waals surface area contributed by atoms with Crippen LogP contribution in [0.3, 0.4) is 0 Å². The first-order chi connectivity index (χ1) is 7.66. The van der Waals surface area contributed by atoms with Gasteiger partial charge in [0.25, 0.3) is 0 Å². The maximum absolute atomic E-state index is 9.79. The Kier molecular flexibility index (Phi) is 2.68. The zero-order chi connectivity index (χ0) is 11.8. The molecule has 3 N–H and O–H groups in total. The zero-order valence-corrected chi connectivity index (χ0v) is 9.62. The smallest absolute Gasteiger partial charge is 0.200 e. The molecule has 1 saturated carbocycles. The largest absolute Gasteiger partial charge is 0.502 e. The molecule has 0 spiro atoms. The maximum Gasteiger partial charge on any atom is 0.200 e. The summed E-state index contributed by atoms with van der Waals surface area (Å²) < 4.78 is 10.2. The van der Waals surface area contributed by atoms with E-state index in [1.807, 2.05) is 12.1 Å². The van der Waals surface area contributed by atoms with Crippen molar-refractivity contribution in [2.24, 2.45) is 5.73 Å². The van der Waals surface area contributed by atoms with Crippen molar-refractivity contribution in [3.8, 4) is 17.2 Å². The van der Waals surface area contributed by atoms with E-state index in [0.29, 0.717) is 18.0 Å². The number of aromatic hydroxyl groups is 1. The first-order valence-corrected chi connectivity index (χ1v) is 5.32. The molecule has 4 nitrogen and oxygen atoms in total. The van der Waals surface area contributed by atoms with E-state index in [9.17, 15) is 5.11 Å². The Morgan fingerprint density at radius 1 is 1.25 bits per heavy atom. The molecule has 1 aromatic rings. The summed E-state index contributed by atoms with van der Waals surface area (Å²) in [4.78, 5) is 0. The molecule has 0 radical (unpaired) electrons. The van der Waals surface area contributed by atoms with E-state index in [1.165, 1.54) is 14.2 Å². The molecule has 0 aromatic heterocycles. The van der Waals surface area contributed by atoms with E-state index < -0.39 is 0 Å². The van der Waals surface area contributed by atoms with Gasteiger partial charge in [-0.05, 0) is 30.5 Å². The summed E-state index contributed by atoms with van der Waals surface area (Å²) >= 11 is 0. The van der Waals surface area contributed by atoms with Crippen LogP contribution in [-0.4, -0.2) is 25.9 Å². The van der Waals surface area contributed by atoms with Crippen LogP contribution in [0.15, 0.2) is 12.1 Å². The average molecular weight is 223 g/mol. The third kappa shape index (κ3) is 1.59. The molecule has 0 amide bonds. The van der Waals surface area contributed by atoms with E-state index in [4.69, 9.17) is 15.2 Å². The fourth-order valence-corrected chi connectivity index (χ4v) is 1.96. The Hall–Kier alpha value is -1.42. The molecule has 16 heavy (non-hydrogen) atoms. The molecule has 0 aliphatic heterocycles. The van der Waals surface area contributed by atoms with Crippen LogP contribution in [0.2, 0.25) is 0 Å². The molecule has 0 saturated heterocycles. The number of methoxy groups -OCH3 is 2. The number of benzene rings is 1. The fourth-order valence-electron chi connectivity index (χ4n) is 1.96. The number of rotatable bonds is 4. The Labute approximate surface area is 95.0 Å². The summed E-state index contributed by atoms with van der Waals surface area (Å²) in [5.41, 5.74) is 6.93. The van der Waals surface area contributed by atoms with Crippen molar-refractivity contribution < 1.29 is 14.6 Å². The van der Waals surface area contributed by atoms with Crippen molar-refractivity contribution in [1.29, 1.82) is 0 Å². The normalized spacial score (nSPS) is 16.9. The van der Waals surface area contributed by atoms with Crippen molar-refractivity contribution in [2.45, 2.75) is 18.3 Å². The predicted molar refractivity (Wildman–Crippen MR) is 61.2 cm³/mol. The molecule has 0 bridgehead atoms. The van der Waals surface area contributed by atoms with Crippen LogP contribution in [-0.2, 0) is 5.41 Å². The van der Waals surface area contributed by atoms with Gasteiger partial charge in [-0.3, -0.25) is 0 Å². The van der Waals surface area contributed by atoms with Crippen molar-refractivity contribution in [3.63, 3.8) is 0 Å². The highest BCUT2D eigenvalue weighted by Crippen LogP contribution is 2.51. The molecule has 0 unspecified atom stereocenters. The molecule has 0 atom stereocenters. The third-order valence-electron chi connectivity index (χ3n) is 3.34. The highest BCUT2D eigenvalue weighted by atomic mass is 16.5. The SMILES string of the molecule is COc1cc(C2(CN)CC2)cc(OC)c1O. The quantitative estimate of drug-likeness (QED) is 0.809. The predicted octanol–water partition coefficient (Wildman–Crippen LogP) is 1.40. The van der Waals surface area contributed by atoms with E-state index in [-0.39, 0.29) is 11.2 Å².